The summed E-state index contributed by atoms with van der Waals surface area (Å²) in [5, 5.41) is 11.9. The number of nitrogens with zero attached hydrogens (tertiary/aromatic N) is 2. The number of thioether (sulfide) groups is 1. The molecule has 0 aliphatic heterocycles. The first-order valence-corrected chi connectivity index (χ1v) is 11.2. The van der Waals surface area contributed by atoms with E-state index in [-0.39, 0.29) is 21.9 Å². The molecule has 0 fully saturated rings. The summed E-state index contributed by atoms with van der Waals surface area (Å²) in [5.41, 5.74) is 1.59. The second kappa shape index (κ2) is 6.90. The molecule has 9 heteroatoms. The molecule has 5 rings (SSSR count). The van der Waals surface area contributed by atoms with E-state index >= 15 is 0 Å². The molecule has 4 aromatic rings. The van der Waals surface area contributed by atoms with Crippen LogP contribution in [-0.2, 0) is 25.6 Å². The number of hydrogen-bond acceptors (Lipinski definition) is 7. The SMILES string of the molecule is Cn1c(SCc2cc(=O)oc3cc(O)c(Cl)cc23)nc2sc3c(c2c1=O)CCC3. The van der Waals surface area contributed by atoms with E-state index in [0.29, 0.717) is 21.9 Å². The number of benzene rings is 1. The molecular formula is C20H15ClN2O4S2. The zero-order valence-corrected chi connectivity index (χ0v) is 17.7. The molecule has 0 amide bonds. The number of rotatable bonds is 3. The number of hydrogen-bond donors (Lipinski definition) is 1. The lowest BCUT2D eigenvalue weighted by molar-refractivity contribution is 0.473. The van der Waals surface area contributed by atoms with E-state index in [1.165, 1.54) is 28.8 Å². The Labute approximate surface area is 177 Å². The van der Waals surface area contributed by atoms with Gasteiger partial charge in [-0.05, 0) is 36.5 Å². The summed E-state index contributed by atoms with van der Waals surface area (Å²) in [6, 6.07) is 4.31. The summed E-state index contributed by atoms with van der Waals surface area (Å²) in [5.74, 6) is 0.257. The van der Waals surface area contributed by atoms with E-state index in [0.717, 1.165) is 35.0 Å². The smallest absolute Gasteiger partial charge is 0.336 e. The number of phenols is 1. The van der Waals surface area contributed by atoms with E-state index in [2.05, 4.69) is 0 Å². The highest BCUT2D eigenvalue weighted by atomic mass is 35.5. The Morgan fingerprint density at radius 1 is 1.31 bits per heavy atom. The lowest BCUT2D eigenvalue weighted by Gasteiger charge is -2.09. The van der Waals surface area contributed by atoms with Crippen molar-refractivity contribution in [1.29, 1.82) is 0 Å². The second-order valence-corrected chi connectivity index (χ2v) is 9.41. The van der Waals surface area contributed by atoms with Crippen molar-refractivity contribution in [3.63, 3.8) is 0 Å². The molecule has 0 unspecified atom stereocenters. The molecule has 1 aliphatic rings. The van der Waals surface area contributed by atoms with Crippen LogP contribution >= 0.6 is 34.7 Å². The number of aromatic nitrogens is 2. The predicted molar refractivity (Wildman–Crippen MR) is 116 cm³/mol. The van der Waals surface area contributed by atoms with Gasteiger partial charge in [-0.2, -0.15) is 0 Å². The van der Waals surface area contributed by atoms with E-state index in [1.807, 2.05) is 0 Å². The van der Waals surface area contributed by atoms with Crippen molar-refractivity contribution in [1.82, 2.24) is 9.55 Å². The second-order valence-electron chi connectivity index (χ2n) is 6.98. The van der Waals surface area contributed by atoms with Gasteiger partial charge in [0.1, 0.15) is 16.2 Å². The number of aryl methyl sites for hydroxylation is 2. The van der Waals surface area contributed by atoms with Gasteiger partial charge in [-0.25, -0.2) is 9.78 Å². The topological polar surface area (TPSA) is 85.3 Å². The first-order chi connectivity index (χ1) is 13.9. The molecule has 0 atom stereocenters. The van der Waals surface area contributed by atoms with Crippen molar-refractivity contribution >= 4 is 55.9 Å². The van der Waals surface area contributed by atoms with Crippen molar-refractivity contribution in [3.8, 4) is 5.75 Å². The molecule has 0 radical (unpaired) electrons. The van der Waals surface area contributed by atoms with Crippen LogP contribution in [0.1, 0.15) is 22.4 Å². The number of thiophene rings is 1. The Bertz CT molecular complexity index is 1420. The fourth-order valence-corrected chi connectivity index (χ4v) is 6.16. The van der Waals surface area contributed by atoms with Crippen LogP contribution in [0.15, 0.2) is 37.4 Å². The molecule has 6 nitrogen and oxygen atoms in total. The van der Waals surface area contributed by atoms with E-state index in [4.69, 9.17) is 21.0 Å². The van der Waals surface area contributed by atoms with Crippen molar-refractivity contribution in [2.75, 3.05) is 0 Å². The van der Waals surface area contributed by atoms with Crippen LogP contribution in [0, 0.1) is 0 Å². The van der Waals surface area contributed by atoms with Gasteiger partial charge in [-0.15, -0.1) is 11.3 Å². The third-order valence-electron chi connectivity index (χ3n) is 5.16. The van der Waals surface area contributed by atoms with Gasteiger partial charge in [0.25, 0.3) is 5.56 Å². The quantitative estimate of drug-likeness (QED) is 0.288. The summed E-state index contributed by atoms with van der Waals surface area (Å²) >= 11 is 9.01. The number of fused-ring (bicyclic) bond motifs is 4. The molecule has 3 heterocycles. The largest absolute Gasteiger partial charge is 0.506 e. The Morgan fingerprint density at radius 2 is 2.14 bits per heavy atom. The average Bonchev–Trinajstić information content (AvgIpc) is 3.25. The number of aromatic hydroxyl groups is 1. The third-order valence-corrected chi connectivity index (χ3v) is 7.73. The molecule has 1 N–H and O–H groups in total. The van der Waals surface area contributed by atoms with Crippen LogP contribution in [0.2, 0.25) is 5.02 Å². The molecule has 3 aromatic heterocycles. The molecule has 1 aromatic carbocycles. The molecule has 29 heavy (non-hydrogen) atoms. The van der Waals surface area contributed by atoms with Crippen molar-refractivity contribution in [3.05, 3.63) is 60.0 Å². The van der Waals surface area contributed by atoms with Gasteiger partial charge in [0.05, 0.1) is 10.4 Å². The maximum Gasteiger partial charge on any atom is 0.336 e. The maximum absolute atomic E-state index is 12.9. The fourth-order valence-electron chi connectivity index (χ4n) is 3.73. The highest BCUT2D eigenvalue weighted by molar-refractivity contribution is 7.98. The molecule has 0 bridgehead atoms. The maximum atomic E-state index is 12.9. The first kappa shape index (κ1) is 18.7. The summed E-state index contributed by atoms with van der Waals surface area (Å²) in [6.07, 6.45) is 3.05. The standard InChI is InChI=1S/C20H15ClN2O4S2/c1-23-19(26)17-10-3-2-4-15(10)29-18(17)22-20(23)28-8-9-5-16(25)27-14-7-13(24)12(21)6-11(9)14/h5-7,24H,2-4,8H2,1H3. The summed E-state index contributed by atoms with van der Waals surface area (Å²) in [6.45, 7) is 0. The summed E-state index contributed by atoms with van der Waals surface area (Å²) in [7, 11) is 1.72. The molecule has 1 aliphatic carbocycles. The minimum atomic E-state index is -0.512. The minimum absolute atomic E-state index is 0.0256. The third kappa shape index (κ3) is 3.06. The Morgan fingerprint density at radius 3 is 2.97 bits per heavy atom. The zero-order chi connectivity index (χ0) is 20.3. The van der Waals surface area contributed by atoms with E-state index in [1.54, 1.807) is 29.0 Å². The molecule has 0 saturated heterocycles. The van der Waals surface area contributed by atoms with Crippen molar-refractivity contribution in [2.45, 2.75) is 30.2 Å². The monoisotopic (exact) mass is 446 g/mol. The zero-order valence-electron chi connectivity index (χ0n) is 15.3. The van der Waals surface area contributed by atoms with Crippen LogP contribution < -0.4 is 11.2 Å². The van der Waals surface area contributed by atoms with Crippen LogP contribution in [0.4, 0.5) is 0 Å². The van der Waals surface area contributed by atoms with Gasteiger partial charge in [0.15, 0.2) is 5.16 Å². The highest BCUT2D eigenvalue weighted by Gasteiger charge is 2.22. The van der Waals surface area contributed by atoms with Gasteiger partial charge in [0.2, 0.25) is 0 Å². The Balaban J connectivity index is 1.56. The summed E-state index contributed by atoms with van der Waals surface area (Å²) < 4.78 is 6.75. The lowest BCUT2D eigenvalue weighted by atomic mass is 10.1. The van der Waals surface area contributed by atoms with Crippen LogP contribution in [-0.4, -0.2) is 14.7 Å². The average molecular weight is 447 g/mol. The Kier molecular flexibility index (Phi) is 4.45. The minimum Gasteiger partial charge on any atom is -0.506 e. The summed E-state index contributed by atoms with van der Waals surface area (Å²) in [4.78, 5) is 31.6. The lowest BCUT2D eigenvalue weighted by Crippen LogP contribution is -2.20. The molecule has 0 spiro atoms. The van der Waals surface area contributed by atoms with Crippen molar-refractivity contribution in [2.24, 2.45) is 7.05 Å². The number of phenolic OH excluding ortho intramolecular Hbond substituents is 1. The molecular weight excluding hydrogens is 432 g/mol. The van der Waals surface area contributed by atoms with E-state index in [9.17, 15) is 14.7 Å². The van der Waals surface area contributed by atoms with Gasteiger partial charge >= 0.3 is 5.63 Å². The normalized spacial score (nSPS) is 13.4. The van der Waals surface area contributed by atoms with E-state index < -0.39 is 5.63 Å². The van der Waals surface area contributed by atoms with Crippen LogP contribution in [0.5, 0.6) is 5.75 Å². The Hall–Kier alpha value is -2.29. The molecule has 148 valence electrons. The predicted octanol–water partition coefficient (Wildman–Crippen LogP) is 4.24. The van der Waals surface area contributed by atoms with Crippen LogP contribution in [0.25, 0.3) is 21.2 Å². The van der Waals surface area contributed by atoms with Gasteiger partial charge < -0.3 is 9.52 Å². The van der Waals surface area contributed by atoms with Gasteiger partial charge in [-0.3, -0.25) is 9.36 Å². The van der Waals surface area contributed by atoms with Crippen LogP contribution in [0.3, 0.4) is 0 Å². The van der Waals surface area contributed by atoms with Gasteiger partial charge in [-0.1, -0.05) is 23.4 Å². The van der Waals surface area contributed by atoms with Crippen molar-refractivity contribution < 1.29 is 9.52 Å². The highest BCUT2D eigenvalue weighted by Crippen LogP contribution is 2.36. The first-order valence-electron chi connectivity index (χ1n) is 9.01. The fraction of sp³-hybridized carbons (Fsp3) is 0.250. The molecule has 0 saturated carbocycles. The van der Waals surface area contributed by atoms with Gasteiger partial charge in [0, 0.05) is 35.2 Å². The number of halogens is 1.